The van der Waals surface area contributed by atoms with Gasteiger partial charge in [0, 0.05) is 0 Å². The van der Waals surface area contributed by atoms with Gasteiger partial charge < -0.3 is 20.0 Å². The molecule has 0 heterocycles. The van der Waals surface area contributed by atoms with E-state index in [9.17, 15) is 0 Å². The van der Waals surface area contributed by atoms with Gasteiger partial charge in [0.1, 0.15) is 0 Å². The fourth-order valence-corrected chi connectivity index (χ4v) is 1.48. The smallest absolute Gasteiger partial charge is 0.402 e. The van der Waals surface area contributed by atoms with Crippen molar-refractivity contribution in [2.24, 2.45) is 0 Å². The second kappa shape index (κ2) is 15.9. The lowest BCUT2D eigenvalue weighted by Crippen LogP contribution is -2.27. The van der Waals surface area contributed by atoms with Gasteiger partial charge in [0.25, 0.3) is 0 Å². The van der Waals surface area contributed by atoms with E-state index in [1.165, 1.54) is 58.2 Å². The second-order valence-corrected chi connectivity index (χ2v) is 4.25. The van der Waals surface area contributed by atoms with Crippen LogP contribution in [0.25, 0.3) is 0 Å². The highest BCUT2D eigenvalue weighted by Crippen LogP contribution is 2.01. The summed E-state index contributed by atoms with van der Waals surface area (Å²) in [5.41, 5.74) is 0. The molecule has 0 radical (unpaired) electrons. The first-order chi connectivity index (χ1) is 8.08. The zero-order valence-corrected chi connectivity index (χ0v) is 11.7. The van der Waals surface area contributed by atoms with E-state index >= 15 is 0 Å². The molecule has 0 rings (SSSR count). The van der Waals surface area contributed by atoms with E-state index in [0.29, 0.717) is 0 Å². The predicted molar refractivity (Wildman–Crippen MR) is 73.6 cm³/mol. The minimum absolute atomic E-state index is 1.32. The minimum Gasteiger partial charge on any atom is -0.402 e. The molecule has 0 aromatic carbocycles. The average molecular weight is 247 g/mol. The zero-order valence-electron chi connectivity index (χ0n) is 11.7. The van der Waals surface area contributed by atoms with E-state index in [2.05, 4.69) is 25.7 Å². The Morgan fingerprint density at radius 3 is 1.12 bits per heavy atom. The number of unbranched alkanes of at least 4 members (excludes halogenated alkanes) is 3. The quantitative estimate of drug-likeness (QED) is 0.542. The van der Waals surface area contributed by atoms with Crippen molar-refractivity contribution in [3.63, 3.8) is 0 Å². The summed E-state index contributed by atoms with van der Waals surface area (Å²) in [7, 11) is -2.17. The van der Waals surface area contributed by atoms with Crippen LogP contribution in [0.4, 0.5) is 0 Å². The van der Waals surface area contributed by atoms with Gasteiger partial charge in [-0.15, -0.1) is 0 Å². The van der Waals surface area contributed by atoms with Crippen molar-refractivity contribution in [2.45, 2.75) is 59.3 Å². The van der Waals surface area contributed by atoms with Crippen molar-refractivity contribution in [3.05, 3.63) is 0 Å². The van der Waals surface area contributed by atoms with Crippen LogP contribution in [0.5, 0.6) is 0 Å². The molecule has 3 N–H and O–H groups in total. The number of hydrogen-bond acceptors (Lipinski definition) is 4. The molecule has 17 heavy (non-hydrogen) atoms. The highest BCUT2D eigenvalue weighted by molar-refractivity contribution is 6.30. The third kappa shape index (κ3) is 21.7. The summed E-state index contributed by atoms with van der Waals surface area (Å²) >= 11 is 0. The van der Waals surface area contributed by atoms with Crippen LogP contribution in [-0.2, 0) is 0 Å². The van der Waals surface area contributed by atoms with E-state index in [4.69, 9.17) is 15.1 Å². The Morgan fingerprint density at radius 1 is 0.706 bits per heavy atom. The predicted octanol–water partition coefficient (Wildman–Crippen LogP) is 1.64. The van der Waals surface area contributed by atoms with Crippen LogP contribution in [0.3, 0.4) is 0 Å². The van der Waals surface area contributed by atoms with Crippen molar-refractivity contribution >= 4 is 7.32 Å². The Morgan fingerprint density at radius 2 is 0.941 bits per heavy atom. The maximum absolute atomic E-state index is 7.17. The molecule has 0 aromatic rings. The summed E-state index contributed by atoms with van der Waals surface area (Å²) in [5, 5.41) is 21.5. The van der Waals surface area contributed by atoms with Gasteiger partial charge in [0.2, 0.25) is 0 Å². The van der Waals surface area contributed by atoms with Gasteiger partial charge in [-0.1, -0.05) is 40.0 Å². The summed E-state index contributed by atoms with van der Waals surface area (Å²) in [6.45, 7) is 10.8. The van der Waals surface area contributed by atoms with Crippen LogP contribution in [0.15, 0.2) is 0 Å². The molecular formula is C12H30BNO3. The number of rotatable bonds is 9. The van der Waals surface area contributed by atoms with E-state index < -0.39 is 7.32 Å². The van der Waals surface area contributed by atoms with Crippen LogP contribution >= 0.6 is 0 Å². The molecule has 0 saturated heterocycles. The Balaban J connectivity index is 0. The molecule has 0 fully saturated rings. The van der Waals surface area contributed by atoms with Crippen LogP contribution < -0.4 is 0 Å². The third-order valence-corrected chi connectivity index (χ3v) is 2.48. The van der Waals surface area contributed by atoms with E-state index in [1.807, 2.05) is 0 Å². The van der Waals surface area contributed by atoms with Crippen LogP contribution in [-0.4, -0.2) is 46.9 Å². The van der Waals surface area contributed by atoms with Crippen LogP contribution in [0, 0.1) is 0 Å². The van der Waals surface area contributed by atoms with Gasteiger partial charge >= 0.3 is 7.32 Å². The summed E-state index contributed by atoms with van der Waals surface area (Å²) in [6.07, 6.45) is 8.09. The van der Waals surface area contributed by atoms with E-state index in [-0.39, 0.29) is 0 Å². The number of nitrogens with zero attached hydrogens (tertiary/aromatic N) is 1. The molecule has 4 nitrogen and oxygen atoms in total. The van der Waals surface area contributed by atoms with E-state index in [0.717, 1.165) is 0 Å². The fraction of sp³-hybridized carbons (Fsp3) is 1.00. The van der Waals surface area contributed by atoms with Crippen molar-refractivity contribution in [1.29, 1.82) is 0 Å². The molecular weight excluding hydrogens is 217 g/mol. The first kappa shape index (κ1) is 19.2. The SMILES string of the molecule is CCCCN(CCCC)CCCC.OB(O)O. The van der Waals surface area contributed by atoms with Gasteiger partial charge in [0.15, 0.2) is 0 Å². The minimum atomic E-state index is -2.17. The lowest BCUT2D eigenvalue weighted by atomic mass is 10.2. The summed E-state index contributed by atoms with van der Waals surface area (Å²) < 4.78 is 0. The molecule has 0 aliphatic rings. The van der Waals surface area contributed by atoms with Gasteiger partial charge in [0.05, 0.1) is 0 Å². The van der Waals surface area contributed by atoms with Gasteiger partial charge in [-0.3, -0.25) is 0 Å². The van der Waals surface area contributed by atoms with Crippen LogP contribution in [0.2, 0.25) is 0 Å². The molecule has 0 spiro atoms. The molecule has 0 bridgehead atoms. The zero-order chi connectivity index (χ0) is 13.5. The van der Waals surface area contributed by atoms with Gasteiger partial charge in [-0.2, -0.15) is 0 Å². The summed E-state index contributed by atoms with van der Waals surface area (Å²) in [4.78, 5) is 2.64. The Bertz CT molecular complexity index is 115. The normalized spacial score (nSPS) is 10.1. The van der Waals surface area contributed by atoms with Crippen molar-refractivity contribution in [3.8, 4) is 0 Å². The lowest BCUT2D eigenvalue weighted by Gasteiger charge is -2.21. The third-order valence-electron chi connectivity index (χ3n) is 2.48. The number of hydrogen-bond donors (Lipinski definition) is 3. The standard InChI is InChI=1S/C12H27N.BH3O3/c1-4-7-10-13(11-8-5-2)12-9-6-3;2-1(3)4/h4-12H2,1-3H3;2-4H. The highest BCUT2D eigenvalue weighted by atomic mass is 16.5. The van der Waals surface area contributed by atoms with Crippen molar-refractivity contribution in [1.82, 2.24) is 4.90 Å². The molecule has 0 unspecified atom stereocenters. The maximum Gasteiger partial charge on any atom is 0.631 e. The van der Waals surface area contributed by atoms with Gasteiger partial charge in [-0.25, -0.2) is 0 Å². The molecule has 0 amide bonds. The monoisotopic (exact) mass is 247 g/mol. The summed E-state index contributed by atoms with van der Waals surface area (Å²) in [6, 6.07) is 0. The van der Waals surface area contributed by atoms with Gasteiger partial charge in [-0.05, 0) is 38.9 Å². The Labute approximate surface area is 107 Å². The Hall–Kier alpha value is -0.0951. The molecule has 0 aliphatic heterocycles. The molecule has 0 aromatic heterocycles. The molecule has 0 atom stereocenters. The lowest BCUT2D eigenvalue weighted by molar-refractivity contribution is 0.261. The molecule has 104 valence electrons. The second-order valence-electron chi connectivity index (χ2n) is 4.25. The van der Waals surface area contributed by atoms with E-state index in [1.54, 1.807) is 0 Å². The first-order valence-corrected chi connectivity index (χ1v) is 6.84. The largest absolute Gasteiger partial charge is 0.631 e. The van der Waals surface area contributed by atoms with Crippen LogP contribution in [0.1, 0.15) is 59.3 Å². The molecule has 0 saturated carbocycles. The van der Waals surface area contributed by atoms with Crippen molar-refractivity contribution < 1.29 is 15.1 Å². The Kier molecular flexibility index (Phi) is 18.0. The highest BCUT2D eigenvalue weighted by Gasteiger charge is 2.01. The first-order valence-electron chi connectivity index (χ1n) is 6.84. The molecule has 5 heteroatoms. The van der Waals surface area contributed by atoms with Crippen molar-refractivity contribution in [2.75, 3.05) is 19.6 Å². The topological polar surface area (TPSA) is 63.9 Å². The maximum atomic E-state index is 7.17. The fourth-order valence-electron chi connectivity index (χ4n) is 1.48. The average Bonchev–Trinajstić information content (AvgIpc) is 2.27. The molecule has 0 aliphatic carbocycles. The summed E-state index contributed by atoms with van der Waals surface area (Å²) in [5.74, 6) is 0.